The van der Waals surface area contributed by atoms with Gasteiger partial charge in [0.2, 0.25) is 0 Å². The third kappa shape index (κ3) is 75.2. The van der Waals surface area contributed by atoms with Crippen molar-refractivity contribution in [2.24, 2.45) is 0 Å². The Morgan fingerprint density at radius 1 is 0.310 bits per heavy atom. The van der Waals surface area contributed by atoms with Crippen molar-refractivity contribution in [1.29, 1.82) is 0 Å². The summed E-state index contributed by atoms with van der Waals surface area (Å²) < 4.78 is 0. The molecule has 290 valence electrons. The van der Waals surface area contributed by atoms with Crippen LogP contribution >= 0.6 is 79.4 Å². The topological polar surface area (TPSA) is 0 Å². The van der Waals surface area contributed by atoms with E-state index in [4.69, 9.17) is 0 Å². The van der Waals surface area contributed by atoms with E-state index in [9.17, 15) is 0 Å². The van der Waals surface area contributed by atoms with Gasteiger partial charge >= 0.3 is 98.1 Å². The van der Waals surface area contributed by atoms with Crippen LogP contribution in [0.1, 0.15) is 39.0 Å². The van der Waals surface area contributed by atoms with Crippen LogP contribution in [-0.4, -0.2) is 0 Å². The van der Waals surface area contributed by atoms with Crippen molar-refractivity contribution < 1.29 is 397 Å². The molecule has 7 aromatic heterocycles. The fourth-order valence-electron chi connectivity index (χ4n) is 2.11. The van der Waals surface area contributed by atoms with Gasteiger partial charge in [0.05, 0.1) is 0 Å². The van der Waals surface area contributed by atoms with E-state index in [1.807, 2.05) is 78.9 Å². The maximum Gasteiger partial charge on any atom is 3.00 e. The SMILES string of the molecule is [CH2-]c1cc[c-]s1.[CH2-]c1cc[c-]s1.[CH2-]c1cc[c-]s1.[CH2-]c1cc[c-]s1.[CH2-]c1cc[c-]s1.[CH2-]c1cc[c-]s1.[CH2-]c1ccc(C)s1.[W].[W].[W].[W].[W].[W].[W].[W].[Y+3].[Y+3].[Y+3].[Y].[Y].[Y].[Y]. The smallest absolute Gasteiger partial charge is 0.316 e. The summed E-state index contributed by atoms with van der Waals surface area (Å²) in [5, 5.41) is 17.5. The molecule has 7 heterocycles. The molecule has 0 saturated heterocycles. The zero-order valence-electron chi connectivity index (χ0n) is 31.2. The van der Waals surface area contributed by atoms with Crippen LogP contribution in [0, 0.1) is 87.7 Å². The van der Waals surface area contributed by atoms with Gasteiger partial charge in [0.15, 0.2) is 0 Å². The number of rotatable bonds is 0. The molecule has 0 spiro atoms. The van der Waals surface area contributed by atoms with Crippen molar-refractivity contribution in [3.8, 4) is 0 Å². The van der Waals surface area contributed by atoms with E-state index < -0.39 is 0 Å². The fourth-order valence-corrected chi connectivity index (χ4v) is 5.34. The monoisotopic (exact) mass is 2780 g/mol. The van der Waals surface area contributed by atoms with Crippen molar-refractivity contribution >= 4 is 79.4 Å². The van der Waals surface area contributed by atoms with Crippen molar-refractivity contribution in [1.82, 2.24) is 0 Å². The minimum absolute atomic E-state index is 0. The molecule has 58 heavy (non-hydrogen) atoms. The summed E-state index contributed by atoms with van der Waals surface area (Å²) in [5.74, 6) is 0. The maximum absolute atomic E-state index is 3.76. The molecule has 7 aromatic rings. The number of aryl methyl sites for hydroxylation is 1. The second-order valence-corrected chi connectivity index (χ2v) is 14.8. The Labute approximate surface area is 671 Å². The molecular weight excluding hydrogens is 2750 g/mol. The predicted octanol–water partition coefficient (Wildman–Crippen LogP) is 12.6. The number of thiophene rings is 7. The molecular formula is C36H31S7W8Y7-4. The Kier molecular flexibility index (Phi) is 148. The molecule has 0 aliphatic heterocycles. The van der Waals surface area contributed by atoms with Crippen LogP contribution in [0.5, 0.6) is 0 Å². The quantitative estimate of drug-likeness (QED) is 0.133. The van der Waals surface area contributed by atoms with E-state index in [1.54, 1.807) is 79.4 Å². The number of hydrogen-bond donors (Lipinski definition) is 0. The molecule has 4 radical (unpaired) electrons. The molecule has 0 aromatic carbocycles. The zero-order valence-corrected chi connectivity index (χ0v) is 80.2. The standard InChI is InChI=1S/C6H7S.6C5H4S.8W.7Y/c1-5-3-4-6(2)7-5;6*1-5-3-2-4-6-5;;;;;;;;;;;;;;;/h3-4H,1H2,2H3;6*2-3H,1H2;;;;;;;;;;;;;;;/q-1;6*-2;;;;;;;;;;;;;3*+3. The van der Waals surface area contributed by atoms with Gasteiger partial charge in [-0.1, -0.05) is 0 Å². The van der Waals surface area contributed by atoms with E-state index in [2.05, 4.69) is 93.7 Å². The van der Waals surface area contributed by atoms with Gasteiger partial charge in [-0.15, -0.1) is 43.2 Å². The van der Waals surface area contributed by atoms with Crippen molar-refractivity contribution in [2.45, 2.75) is 6.92 Å². The van der Waals surface area contributed by atoms with Crippen LogP contribution < -0.4 is 0 Å². The molecule has 0 amide bonds. The summed E-state index contributed by atoms with van der Waals surface area (Å²) in [6.07, 6.45) is 0. The molecule has 0 nitrogen and oxygen atoms in total. The number of hydrogen-bond acceptors (Lipinski definition) is 7. The normalized spacial score (nSPS) is 6.50. The van der Waals surface area contributed by atoms with Crippen molar-refractivity contribution in [2.75, 3.05) is 0 Å². The fraction of sp³-hybridized carbons (Fsp3) is 0.0278. The Balaban J connectivity index is -0.0000000274. The van der Waals surface area contributed by atoms with E-state index >= 15 is 0 Å². The first kappa shape index (κ1) is 109. The first-order valence-corrected chi connectivity index (χ1v) is 17.9. The Morgan fingerprint density at radius 3 is 0.517 bits per heavy atom. The van der Waals surface area contributed by atoms with Crippen molar-refractivity contribution in [3.63, 3.8) is 0 Å². The summed E-state index contributed by atoms with van der Waals surface area (Å²) in [5.41, 5.74) is 0. The third-order valence-corrected chi connectivity index (χ3v) is 8.73. The van der Waals surface area contributed by atoms with E-state index in [-0.39, 0.29) is 397 Å². The largest absolute Gasteiger partial charge is 3.00 e. The Bertz CT molecular complexity index is 1240. The minimum atomic E-state index is 0. The Morgan fingerprint density at radius 2 is 0.483 bits per heavy atom. The van der Waals surface area contributed by atoms with Crippen LogP contribution in [0.2, 0.25) is 0 Å². The van der Waals surface area contributed by atoms with Crippen LogP contribution in [0.25, 0.3) is 0 Å². The van der Waals surface area contributed by atoms with Crippen LogP contribution in [-0.2, 0) is 397 Å². The molecule has 0 atom stereocenters. The first-order valence-electron chi connectivity index (χ1n) is 12.2. The summed E-state index contributed by atoms with van der Waals surface area (Å²) in [6, 6.07) is 26.9. The van der Waals surface area contributed by atoms with Crippen LogP contribution in [0.4, 0.5) is 0 Å². The molecule has 0 aliphatic carbocycles. The van der Waals surface area contributed by atoms with Gasteiger partial charge in [-0.2, -0.15) is 53.8 Å². The van der Waals surface area contributed by atoms with Gasteiger partial charge in [-0.3, -0.25) is 41.5 Å². The second-order valence-electron chi connectivity index (χ2n) is 7.63. The van der Waals surface area contributed by atoms with Crippen LogP contribution in [0.15, 0.2) is 84.9 Å². The maximum atomic E-state index is 3.76. The summed E-state index contributed by atoms with van der Waals surface area (Å²) in [7, 11) is 0. The van der Waals surface area contributed by atoms with Crippen LogP contribution in [0.3, 0.4) is 0 Å². The second kappa shape index (κ2) is 78.7. The predicted molar refractivity (Wildman–Crippen MR) is 199 cm³/mol. The molecule has 0 bridgehead atoms. The third-order valence-electron chi connectivity index (χ3n) is 3.96. The molecule has 22 heteroatoms. The van der Waals surface area contributed by atoms with Gasteiger partial charge in [0.1, 0.15) is 0 Å². The molecule has 0 N–H and O–H groups in total. The Hall–Kier alpha value is 10.2. The van der Waals surface area contributed by atoms with Gasteiger partial charge in [0, 0.05) is 299 Å². The molecule has 0 fully saturated rings. The molecule has 0 aliphatic rings. The van der Waals surface area contributed by atoms with Gasteiger partial charge in [0.25, 0.3) is 0 Å². The average molecular weight is 2780 g/mol. The zero-order chi connectivity index (χ0) is 31.7. The van der Waals surface area contributed by atoms with Crippen molar-refractivity contribution in [3.05, 3.63) is 205 Å². The summed E-state index contributed by atoms with van der Waals surface area (Å²) in [4.78, 5) is 8.96. The van der Waals surface area contributed by atoms with Gasteiger partial charge in [-0.25, -0.2) is 72.6 Å². The van der Waals surface area contributed by atoms with E-state index in [1.165, 1.54) is 4.88 Å². The summed E-state index contributed by atoms with van der Waals surface area (Å²) in [6.45, 7) is 27.8. The average Bonchev–Trinajstić information content (AvgIpc) is 3.79. The van der Waals surface area contributed by atoms with E-state index in [0.717, 1.165) is 34.1 Å². The first-order chi connectivity index (χ1) is 20.7. The minimum Gasteiger partial charge on any atom is -0.316 e. The molecule has 0 saturated carbocycles. The van der Waals surface area contributed by atoms with E-state index in [0.29, 0.717) is 0 Å². The molecule has 0 unspecified atom stereocenters. The summed E-state index contributed by atoms with van der Waals surface area (Å²) >= 11 is 11.0. The van der Waals surface area contributed by atoms with Gasteiger partial charge < -0.3 is 68.0 Å². The molecule has 7 rings (SSSR count). The van der Waals surface area contributed by atoms with Gasteiger partial charge in [-0.05, 0) is 11.8 Å².